The van der Waals surface area contributed by atoms with Gasteiger partial charge in [0.2, 0.25) is 0 Å². The van der Waals surface area contributed by atoms with Gasteiger partial charge in [-0.2, -0.15) is 15.4 Å². The smallest absolute Gasteiger partial charge is 0.271 e. The lowest BCUT2D eigenvalue weighted by molar-refractivity contribution is 0.0156. The zero-order valence-electron chi connectivity index (χ0n) is 12.7. The van der Waals surface area contributed by atoms with Crippen LogP contribution in [0.15, 0.2) is 18.2 Å². The van der Waals surface area contributed by atoms with E-state index in [-0.39, 0.29) is 24.1 Å². The molecule has 1 amide bonds. The third kappa shape index (κ3) is 3.56. The Morgan fingerprint density at radius 1 is 1.30 bits per heavy atom. The van der Waals surface area contributed by atoms with E-state index in [1.54, 1.807) is 12.1 Å². The molecule has 3 N–H and O–H groups in total. The summed E-state index contributed by atoms with van der Waals surface area (Å²) in [5.74, 6) is -1.10. The maximum absolute atomic E-state index is 14.3. The minimum atomic E-state index is -0.709. The van der Waals surface area contributed by atoms with Gasteiger partial charge in [0.25, 0.3) is 5.91 Å². The topological polar surface area (TPSA) is 93.9 Å². The average molecular weight is 318 g/mol. The maximum atomic E-state index is 14.3. The quantitative estimate of drug-likeness (QED) is 0.886. The Labute approximate surface area is 133 Å². The predicted octanol–water partition coefficient (Wildman–Crippen LogP) is 2.56. The van der Waals surface area contributed by atoms with Crippen molar-refractivity contribution in [2.75, 3.05) is 0 Å². The predicted molar refractivity (Wildman–Crippen MR) is 82.0 cm³/mol. The minimum Gasteiger partial charge on any atom is -0.373 e. The number of hydrogen-bond donors (Lipinski definition) is 2. The van der Waals surface area contributed by atoms with Gasteiger partial charge in [0, 0.05) is 11.1 Å². The van der Waals surface area contributed by atoms with Gasteiger partial charge in [-0.3, -0.25) is 4.79 Å². The van der Waals surface area contributed by atoms with Crippen molar-refractivity contribution in [1.82, 2.24) is 15.4 Å². The van der Waals surface area contributed by atoms with E-state index in [1.807, 2.05) is 0 Å². The summed E-state index contributed by atoms with van der Waals surface area (Å²) in [7, 11) is 0. The Balaban J connectivity index is 1.72. The number of aromatic amines is 1. The van der Waals surface area contributed by atoms with Crippen molar-refractivity contribution >= 4 is 5.91 Å². The Morgan fingerprint density at radius 2 is 2.09 bits per heavy atom. The molecule has 1 aliphatic carbocycles. The summed E-state index contributed by atoms with van der Waals surface area (Å²) in [6.45, 7) is 0.248. The second kappa shape index (κ2) is 6.87. The number of ether oxygens (including phenoxy) is 1. The van der Waals surface area contributed by atoms with Crippen molar-refractivity contribution in [2.24, 2.45) is 5.73 Å². The van der Waals surface area contributed by atoms with Crippen LogP contribution < -0.4 is 5.73 Å². The highest BCUT2D eigenvalue weighted by Gasteiger charge is 2.18. The first-order valence-corrected chi connectivity index (χ1v) is 7.76. The average Bonchev–Trinajstić information content (AvgIpc) is 3.04. The lowest BCUT2D eigenvalue weighted by Gasteiger charge is -2.22. The first kappa shape index (κ1) is 15.6. The Kier molecular flexibility index (Phi) is 4.66. The number of H-pyrrole nitrogens is 1. The summed E-state index contributed by atoms with van der Waals surface area (Å²) in [6.07, 6.45) is 5.91. The molecule has 2 aromatic rings. The minimum absolute atomic E-state index is 0.00407. The molecule has 0 unspecified atom stereocenters. The molecular weight excluding hydrogens is 299 g/mol. The molecule has 1 aromatic carbocycles. The number of amides is 1. The van der Waals surface area contributed by atoms with E-state index in [9.17, 15) is 9.18 Å². The number of nitrogens with zero attached hydrogens (tertiary/aromatic N) is 2. The highest BCUT2D eigenvalue weighted by molar-refractivity contribution is 5.96. The SMILES string of the molecule is NC(=O)c1n[nH]nc1-c1ccc(COC2CCCCC2)c(F)c1. The number of hydrogen-bond acceptors (Lipinski definition) is 4. The second-order valence-corrected chi connectivity index (χ2v) is 5.76. The van der Waals surface area contributed by atoms with Crippen LogP contribution in [0.1, 0.15) is 48.2 Å². The molecule has 0 bridgehead atoms. The van der Waals surface area contributed by atoms with E-state index in [2.05, 4.69) is 15.4 Å². The fourth-order valence-electron chi connectivity index (χ4n) is 2.86. The van der Waals surface area contributed by atoms with Crippen LogP contribution in [0.5, 0.6) is 0 Å². The van der Waals surface area contributed by atoms with Crippen molar-refractivity contribution in [3.63, 3.8) is 0 Å². The molecule has 1 aliphatic rings. The van der Waals surface area contributed by atoms with Gasteiger partial charge in [0.1, 0.15) is 11.5 Å². The molecular formula is C16H19FN4O2. The third-order valence-corrected chi connectivity index (χ3v) is 4.13. The number of nitrogens with two attached hydrogens (primary N) is 1. The summed E-state index contributed by atoms with van der Waals surface area (Å²) in [5, 5.41) is 9.88. The van der Waals surface area contributed by atoms with Crippen molar-refractivity contribution in [2.45, 2.75) is 44.8 Å². The van der Waals surface area contributed by atoms with Crippen LogP contribution in [-0.2, 0) is 11.3 Å². The Hall–Kier alpha value is -2.28. The molecule has 23 heavy (non-hydrogen) atoms. The Morgan fingerprint density at radius 3 is 2.78 bits per heavy atom. The van der Waals surface area contributed by atoms with Gasteiger partial charge in [-0.25, -0.2) is 4.39 Å². The van der Waals surface area contributed by atoms with Crippen molar-refractivity contribution in [3.05, 3.63) is 35.3 Å². The number of rotatable bonds is 5. The normalized spacial score (nSPS) is 15.7. The van der Waals surface area contributed by atoms with Gasteiger partial charge in [-0.1, -0.05) is 31.4 Å². The maximum Gasteiger partial charge on any atom is 0.271 e. The van der Waals surface area contributed by atoms with Gasteiger partial charge in [0.15, 0.2) is 5.69 Å². The van der Waals surface area contributed by atoms with Crippen molar-refractivity contribution < 1.29 is 13.9 Å². The van der Waals surface area contributed by atoms with E-state index in [4.69, 9.17) is 10.5 Å². The molecule has 0 aliphatic heterocycles. The van der Waals surface area contributed by atoms with Crippen LogP contribution in [0, 0.1) is 5.82 Å². The molecule has 1 aromatic heterocycles. The first-order chi connectivity index (χ1) is 11.1. The molecule has 3 rings (SSSR count). The molecule has 1 saturated carbocycles. The lowest BCUT2D eigenvalue weighted by Crippen LogP contribution is -2.16. The van der Waals surface area contributed by atoms with Gasteiger partial charge < -0.3 is 10.5 Å². The summed E-state index contributed by atoms with van der Waals surface area (Å²) in [6, 6.07) is 4.66. The molecule has 6 nitrogen and oxygen atoms in total. The molecule has 7 heteroatoms. The fourth-order valence-corrected chi connectivity index (χ4v) is 2.86. The number of benzene rings is 1. The molecule has 0 saturated heterocycles. The van der Waals surface area contributed by atoms with Gasteiger partial charge in [0.05, 0.1) is 12.7 Å². The van der Waals surface area contributed by atoms with Crippen molar-refractivity contribution in [3.8, 4) is 11.3 Å². The van der Waals surface area contributed by atoms with Crippen LogP contribution in [0.4, 0.5) is 4.39 Å². The summed E-state index contributed by atoms with van der Waals surface area (Å²) in [5.41, 5.74) is 6.40. The van der Waals surface area contributed by atoms with Crippen LogP contribution in [0.3, 0.4) is 0 Å². The summed E-state index contributed by atoms with van der Waals surface area (Å²) < 4.78 is 20.1. The van der Waals surface area contributed by atoms with Gasteiger partial charge >= 0.3 is 0 Å². The van der Waals surface area contributed by atoms with Crippen LogP contribution in [0.25, 0.3) is 11.3 Å². The van der Waals surface area contributed by atoms with E-state index in [1.165, 1.54) is 25.3 Å². The van der Waals surface area contributed by atoms with E-state index < -0.39 is 11.7 Å². The number of halogens is 1. The van der Waals surface area contributed by atoms with Crippen LogP contribution >= 0.6 is 0 Å². The molecule has 1 fully saturated rings. The van der Waals surface area contributed by atoms with Crippen LogP contribution in [-0.4, -0.2) is 27.4 Å². The van der Waals surface area contributed by atoms with Gasteiger partial charge in [-0.05, 0) is 18.9 Å². The zero-order valence-corrected chi connectivity index (χ0v) is 12.7. The molecule has 0 atom stereocenters. The highest BCUT2D eigenvalue weighted by atomic mass is 19.1. The molecule has 1 heterocycles. The monoisotopic (exact) mass is 318 g/mol. The zero-order chi connectivity index (χ0) is 16.2. The molecule has 0 radical (unpaired) electrons. The summed E-state index contributed by atoms with van der Waals surface area (Å²) >= 11 is 0. The Bertz CT molecular complexity index is 695. The number of carbonyl (C=O) groups excluding carboxylic acids is 1. The van der Waals surface area contributed by atoms with E-state index in [0.717, 1.165) is 12.8 Å². The number of aromatic nitrogens is 3. The van der Waals surface area contributed by atoms with Crippen LogP contribution in [0.2, 0.25) is 0 Å². The van der Waals surface area contributed by atoms with Crippen molar-refractivity contribution in [1.29, 1.82) is 0 Å². The summed E-state index contributed by atoms with van der Waals surface area (Å²) in [4.78, 5) is 11.3. The standard InChI is InChI=1S/C16H19FN4O2/c17-13-8-10(14-15(16(18)22)20-21-19-14)6-7-11(13)9-23-12-4-2-1-3-5-12/h6-8,12H,1-5,9H2,(H2,18,22)(H,19,20,21). The largest absolute Gasteiger partial charge is 0.373 e. The van der Waals surface area contributed by atoms with E-state index in [0.29, 0.717) is 11.1 Å². The fraction of sp³-hybridized carbons (Fsp3) is 0.438. The first-order valence-electron chi connectivity index (χ1n) is 7.76. The van der Waals surface area contributed by atoms with Gasteiger partial charge in [-0.15, -0.1) is 0 Å². The molecule has 122 valence electrons. The number of nitrogens with one attached hydrogen (secondary N) is 1. The lowest BCUT2D eigenvalue weighted by atomic mass is 9.98. The number of primary amides is 1. The van der Waals surface area contributed by atoms with E-state index >= 15 is 0 Å². The second-order valence-electron chi connectivity index (χ2n) is 5.76. The third-order valence-electron chi connectivity index (χ3n) is 4.13. The molecule has 0 spiro atoms. The number of carbonyl (C=O) groups is 1. The highest BCUT2D eigenvalue weighted by Crippen LogP contribution is 2.25.